The van der Waals surface area contributed by atoms with Gasteiger partial charge in [0.15, 0.2) is 0 Å². The summed E-state index contributed by atoms with van der Waals surface area (Å²) in [7, 11) is 1.81. The zero-order valence-electron chi connectivity index (χ0n) is 14.3. The normalized spacial score (nSPS) is 12.3. The fraction of sp³-hybridized carbons (Fsp3) is 0.353. The SMILES string of the molecule is Cc1cc(C)n(Cc2cc(C(=O)N(C)[C@H](C)c3cccs3)n[nH]2)n1. The molecule has 24 heavy (non-hydrogen) atoms. The molecule has 1 N–H and O–H groups in total. The smallest absolute Gasteiger partial charge is 0.274 e. The first-order valence-electron chi connectivity index (χ1n) is 7.81. The molecule has 3 aromatic rings. The summed E-state index contributed by atoms with van der Waals surface area (Å²) in [5, 5.41) is 13.6. The summed E-state index contributed by atoms with van der Waals surface area (Å²) in [6.45, 7) is 6.57. The van der Waals surface area contributed by atoms with Crippen LogP contribution in [0.3, 0.4) is 0 Å². The summed E-state index contributed by atoms with van der Waals surface area (Å²) in [5.41, 5.74) is 3.35. The lowest BCUT2D eigenvalue weighted by atomic mass is 10.2. The predicted molar refractivity (Wildman–Crippen MR) is 94.2 cm³/mol. The molecule has 0 aliphatic rings. The zero-order chi connectivity index (χ0) is 17.3. The van der Waals surface area contributed by atoms with Gasteiger partial charge in [-0.05, 0) is 44.4 Å². The highest BCUT2D eigenvalue weighted by Gasteiger charge is 2.22. The number of aryl methyl sites for hydroxylation is 2. The Hall–Kier alpha value is -2.41. The van der Waals surface area contributed by atoms with Gasteiger partial charge in [0.25, 0.3) is 5.91 Å². The van der Waals surface area contributed by atoms with Crippen molar-refractivity contribution >= 4 is 17.2 Å². The van der Waals surface area contributed by atoms with Gasteiger partial charge in [-0.2, -0.15) is 10.2 Å². The molecule has 1 atom stereocenters. The standard InChI is InChI=1S/C17H21N5OS/c1-11-8-12(2)22(20-11)10-14-9-15(19-18-14)17(23)21(4)13(3)16-6-5-7-24-16/h5-9,13H,10H2,1-4H3,(H,18,19)/t13-/m1/s1. The largest absolute Gasteiger partial charge is 0.333 e. The van der Waals surface area contributed by atoms with Gasteiger partial charge in [0, 0.05) is 17.6 Å². The Balaban J connectivity index is 1.72. The molecular formula is C17H21N5OS. The molecule has 0 fully saturated rings. The van der Waals surface area contributed by atoms with Gasteiger partial charge in [0.1, 0.15) is 5.69 Å². The molecule has 3 aromatic heterocycles. The first-order valence-corrected chi connectivity index (χ1v) is 8.69. The van der Waals surface area contributed by atoms with Gasteiger partial charge >= 0.3 is 0 Å². The van der Waals surface area contributed by atoms with Crippen molar-refractivity contribution < 1.29 is 4.79 Å². The van der Waals surface area contributed by atoms with E-state index in [1.165, 1.54) is 0 Å². The Labute approximate surface area is 145 Å². The van der Waals surface area contributed by atoms with Crippen molar-refractivity contribution in [3.63, 3.8) is 0 Å². The molecule has 0 aromatic carbocycles. The number of aromatic nitrogens is 4. The van der Waals surface area contributed by atoms with Crippen LogP contribution in [0.1, 0.15) is 45.4 Å². The molecule has 0 saturated heterocycles. The number of carbonyl (C=O) groups is 1. The second kappa shape index (κ2) is 6.60. The van der Waals surface area contributed by atoms with E-state index in [2.05, 4.69) is 15.3 Å². The second-order valence-electron chi connectivity index (χ2n) is 5.97. The van der Waals surface area contributed by atoms with Gasteiger partial charge in [0.05, 0.1) is 24.0 Å². The number of nitrogens with zero attached hydrogens (tertiary/aromatic N) is 4. The van der Waals surface area contributed by atoms with Crippen molar-refractivity contribution in [1.82, 2.24) is 24.9 Å². The maximum atomic E-state index is 12.6. The highest BCUT2D eigenvalue weighted by molar-refractivity contribution is 7.10. The maximum absolute atomic E-state index is 12.6. The molecule has 0 aliphatic carbocycles. The number of hydrogen-bond acceptors (Lipinski definition) is 4. The minimum absolute atomic E-state index is 0.0219. The fourth-order valence-corrected chi connectivity index (χ4v) is 3.45. The number of hydrogen-bond donors (Lipinski definition) is 1. The Bertz CT molecular complexity index is 833. The van der Waals surface area contributed by atoms with Crippen LogP contribution in [-0.2, 0) is 6.54 Å². The summed E-state index contributed by atoms with van der Waals surface area (Å²) in [6, 6.07) is 7.89. The van der Waals surface area contributed by atoms with E-state index in [0.717, 1.165) is 22.0 Å². The van der Waals surface area contributed by atoms with Gasteiger partial charge in [-0.25, -0.2) is 0 Å². The Kier molecular flexibility index (Phi) is 4.53. The van der Waals surface area contributed by atoms with Crippen LogP contribution >= 0.6 is 11.3 Å². The third kappa shape index (κ3) is 3.26. The van der Waals surface area contributed by atoms with E-state index in [4.69, 9.17) is 0 Å². The third-order valence-corrected chi connectivity index (χ3v) is 5.17. The molecule has 0 bridgehead atoms. The number of carbonyl (C=O) groups excluding carboxylic acids is 1. The molecule has 1 amide bonds. The van der Waals surface area contributed by atoms with E-state index in [0.29, 0.717) is 12.2 Å². The molecule has 0 spiro atoms. The van der Waals surface area contributed by atoms with Crippen LogP contribution in [-0.4, -0.2) is 37.8 Å². The van der Waals surface area contributed by atoms with Crippen molar-refractivity contribution in [2.45, 2.75) is 33.4 Å². The van der Waals surface area contributed by atoms with Gasteiger partial charge in [0.2, 0.25) is 0 Å². The van der Waals surface area contributed by atoms with Crippen molar-refractivity contribution in [1.29, 1.82) is 0 Å². The van der Waals surface area contributed by atoms with E-state index in [1.807, 2.05) is 56.1 Å². The number of H-pyrrole nitrogens is 1. The van der Waals surface area contributed by atoms with E-state index < -0.39 is 0 Å². The van der Waals surface area contributed by atoms with Crippen molar-refractivity contribution in [2.75, 3.05) is 7.05 Å². The van der Waals surface area contributed by atoms with Crippen LogP contribution in [0.5, 0.6) is 0 Å². The zero-order valence-corrected chi connectivity index (χ0v) is 15.1. The Morgan fingerprint density at radius 3 is 2.83 bits per heavy atom. The van der Waals surface area contributed by atoms with E-state index >= 15 is 0 Å². The lowest BCUT2D eigenvalue weighted by molar-refractivity contribution is 0.0739. The van der Waals surface area contributed by atoms with Crippen LogP contribution in [0.25, 0.3) is 0 Å². The molecular weight excluding hydrogens is 322 g/mol. The molecule has 3 rings (SSSR count). The average molecular weight is 343 g/mol. The molecule has 3 heterocycles. The van der Waals surface area contributed by atoms with Crippen molar-refractivity contribution in [3.8, 4) is 0 Å². The van der Waals surface area contributed by atoms with E-state index in [-0.39, 0.29) is 11.9 Å². The van der Waals surface area contributed by atoms with Crippen LogP contribution in [0.4, 0.5) is 0 Å². The highest BCUT2D eigenvalue weighted by atomic mass is 32.1. The van der Waals surface area contributed by atoms with Gasteiger partial charge in [-0.1, -0.05) is 6.07 Å². The quantitative estimate of drug-likeness (QED) is 0.774. The summed E-state index contributed by atoms with van der Waals surface area (Å²) < 4.78 is 1.90. The van der Waals surface area contributed by atoms with Crippen LogP contribution < -0.4 is 0 Å². The van der Waals surface area contributed by atoms with Crippen LogP contribution in [0.15, 0.2) is 29.6 Å². The molecule has 126 valence electrons. The first kappa shape index (κ1) is 16.4. The molecule has 0 radical (unpaired) electrons. The molecule has 0 aliphatic heterocycles. The molecule has 0 saturated carbocycles. The Morgan fingerprint density at radius 1 is 1.42 bits per heavy atom. The molecule has 0 unspecified atom stereocenters. The predicted octanol–water partition coefficient (Wildman–Crippen LogP) is 3.17. The molecule has 7 heteroatoms. The van der Waals surface area contributed by atoms with Crippen molar-refractivity contribution in [3.05, 3.63) is 57.3 Å². The second-order valence-corrected chi connectivity index (χ2v) is 6.95. The number of thiophene rings is 1. The maximum Gasteiger partial charge on any atom is 0.274 e. The first-order chi connectivity index (χ1) is 11.5. The number of nitrogens with one attached hydrogen (secondary N) is 1. The Morgan fingerprint density at radius 2 is 2.21 bits per heavy atom. The van der Waals surface area contributed by atoms with Gasteiger partial charge in [-0.15, -0.1) is 11.3 Å². The van der Waals surface area contributed by atoms with Crippen molar-refractivity contribution in [2.24, 2.45) is 0 Å². The third-order valence-electron chi connectivity index (χ3n) is 4.13. The number of aromatic amines is 1. The number of rotatable bonds is 5. The van der Waals surface area contributed by atoms with Crippen LogP contribution in [0, 0.1) is 13.8 Å². The van der Waals surface area contributed by atoms with Gasteiger partial charge < -0.3 is 4.90 Å². The van der Waals surface area contributed by atoms with Crippen LogP contribution in [0.2, 0.25) is 0 Å². The minimum Gasteiger partial charge on any atom is -0.333 e. The summed E-state index contributed by atoms with van der Waals surface area (Å²) in [4.78, 5) is 15.5. The number of amides is 1. The monoisotopic (exact) mass is 343 g/mol. The lowest BCUT2D eigenvalue weighted by Crippen LogP contribution is -2.29. The summed E-state index contributed by atoms with van der Waals surface area (Å²) in [5.74, 6) is -0.0910. The topological polar surface area (TPSA) is 66.8 Å². The fourth-order valence-electron chi connectivity index (χ4n) is 2.62. The lowest BCUT2D eigenvalue weighted by Gasteiger charge is -2.23. The van der Waals surface area contributed by atoms with E-state index in [1.54, 1.807) is 22.3 Å². The summed E-state index contributed by atoms with van der Waals surface area (Å²) >= 11 is 1.65. The minimum atomic E-state index is -0.0910. The molecule has 6 nitrogen and oxygen atoms in total. The summed E-state index contributed by atoms with van der Waals surface area (Å²) in [6.07, 6.45) is 0. The highest BCUT2D eigenvalue weighted by Crippen LogP contribution is 2.24. The average Bonchev–Trinajstić information content (AvgIpc) is 3.28. The van der Waals surface area contributed by atoms with Gasteiger partial charge in [-0.3, -0.25) is 14.6 Å². The van der Waals surface area contributed by atoms with E-state index in [9.17, 15) is 4.79 Å².